The van der Waals surface area contributed by atoms with Crippen molar-refractivity contribution >= 4 is 28.2 Å². The Kier molecular flexibility index (Phi) is 4.67. The smallest absolute Gasteiger partial charge is 0.140 e. The highest BCUT2D eigenvalue weighted by molar-refractivity contribution is 7.10. The number of thiazole rings is 1. The first-order valence-electron chi connectivity index (χ1n) is 8.38. The van der Waals surface area contributed by atoms with Crippen molar-refractivity contribution in [2.75, 3.05) is 0 Å². The molecule has 0 bridgehead atoms. The monoisotopic (exact) mass is 355 g/mol. The topological polar surface area (TPSA) is 49.1 Å². The summed E-state index contributed by atoms with van der Waals surface area (Å²) in [4.78, 5) is 4.77. The van der Waals surface area contributed by atoms with Crippen molar-refractivity contribution in [3.63, 3.8) is 0 Å². The first kappa shape index (κ1) is 16.4. The number of aromatic nitrogens is 1. The summed E-state index contributed by atoms with van der Waals surface area (Å²) in [5, 5.41) is 9.02. The Morgan fingerprint density at radius 2 is 1.69 bits per heavy atom. The fourth-order valence-electron chi connectivity index (χ4n) is 2.94. The highest BCUT2D eigenvalue weighted by atomic mass is 32.1. The lowest BCUT2D eigenvalue weighted by molar-refractivity contribution is 0.797. The van der Waals surface area contributed by atoms with Gasteiger partial charge in [-0.3, -0.25) is 0 Å². The maximum absolute atomic E-state index is 7.55. The Hall–Kier alpha value is -3.11. The summed E-state index contributed by atoms with van der Waals surface area (Å²) in [6.07, 6.45) is 3.91. The molecule has 1 atom stereocenters. The molecule has 1 heterocycles. The average molecular weight is 355 g/mol. The molecule has 4 rings (SSSR count). The van der Waals surface area contributed by atoms with Crippen LogP contribution in [0.15, 0.2) is 89.4 Å². The molecular formula is C22H17N3S. The van der Waals surface area contributed by atoms with Gasteiger partial charge in [0.25, 0.3) is 0 Å². The zero-order chi connectivity index (χ0) is 17.8. The molecule has 1 unspecified atom stereocenters. The molecule has 0 amide bonds. The van der Waals surface area contributed by atoms with Gasteiger partial charge in [-0.15, -0.1) is 11.3 Å². The van der Waals surface area contributed by atoms with Crippen LogP contribution in [0, 0.1) is 5.53 Å². The average Bonchev–Trinajstić information content (AvgIpc) is 3.19. The lowest BCUT2D eigenvalue weighted by Crippen LogP contribution is -1.90. The van der Waals surface area contributed by atoms with Gasteiger partial charge in [0.05, 0.1) is 5.69 Å². The highest BCUT2D eigenvalue weighted by Gasteiger charge is 2.14. The predicted octanol–water partition coefficient (Wildman–Crippen LogP) is 6.75. The fraction of sp³-hybridized carbons (Fsp3) is 0.0455. The molecule has 0 radical (unpaired) electrons. The standard InChI is InChI=1S/C22H17N3S/c23-25-20(14-13-16-7-2-1-3-8-16)22-24-21(15-26-22)19-12-6-10-17-9-4-5-11-18(17)19/h1-15,20,23H. The molecule has 0 spiro atoms. The van der Waals surface area contributed by atoms with Gasteiger partial charge in [-0.1, -0.05) is 84.9 Å². The third-order valence-electron chi connectivity index (χ3n) is 4.25. The number of hydrogen-bond donors (Lipinski definition) is 1. The molecule has 0 saturated heterocycles. The second-order valence-electron chi connectivity index (χ2n) is 5.94. The molecule has 0 aliphatic heterocycles. The van der Waals surface area contributed by atoms with Crippen molar-refractivity contribution in [1.82, 2.24) is 4.98 Å². The maximum Gasteiger partial charge on any atom is 0.140 e. The van der Waals surface area contributed by atoms with Gasteiger partial charge in [-0.2, -0.15) is 5.11 Å². The van der Waals surface area contributed by atoms with Gasteiger partial charge in [0.2, 0.25) is 0 Å². The van der Waals surface area contributed by atoms with Crippen LogP contribution in [0.25, 0.3) is 28.1 Å². The van der Waals surface area contributed by atoms with Crippen molar-refractivity contribution in [3.05, 3.63) is 94.8 Å². The van der Waals surface area contributed by atoms with E-state index in [1.165, 1.54) is 10.8 Å². The van der Waals surface area contributed by atoms with Crippen LogP contribution in [0.3, 0.4) is 0 Å². The van der Waals surface area contributed by atoms with E-state index in [-0.39, 0.29) is 6.04 Å². The van der Waals surface area contributed by atoms with E-state index in [9.17, 15) is 0 Å². The molecular weight excluding hydrogens is 338 g/mol. The van der Waals surface area contributed by atoms with Crippen LogP contribution in [0.4, 0.5) is 0 Å². The van der Waals surface area contributed by atoms with E-state index < -0.39 is 0 Å². The molecule has 3 aromatic carbocycles. The minimum absolute atomic E-state index is 0.357. The van der Waals surface area contributed by atoms with Crippen molar-refractivity contribution in [3.8, 4) is 11.3 Å². The summed E-state index contributed by atoms with van der Waals surface area (Å²) in [6.45, 7) is 0. The molecule has 0 fully saturated rings. The largest absolute Gasteiger partial charge is 0.238 e. The molecule has 1 aromatic heterocycles. The van der Waals surface area contributed by atoms with Crippen LogP contribution in [-0.2, 0) is 0 Å². The summed E-state index contributed by atoms with van der Waals surface area (Å²) in [5.41, 5.74) is 10.7. The number of nitrogens with one attached hydrogen (secondary N) is 1. The van der Waals surface area contributed by atoms with Gasteiger partial charge < -0.3 is 0 Å². The SMILES string of the molecule is N=NC(C=Cc1ccccc1)c1nc(-c2cccc3ccccc23)cs1. The number of benzene rings is 3. The minimum atomic E-state index is -0.357. The first-order valence-corrected chi connectivity index (χ1v) is 9.26. The Balaban J connectivity index is 1.66. The Morgan fingerprint density at radius 3 is 2.54 bits per heavy atom. The van der Waals surface area contributed by atoms with Gasteiger partial charge in [-0.25, -0.2) is 10.5 Å². The lowest BCUT2D eigenvalue weighted by Gasteiger charge is -2.04. The molecule has 1 N–H and O–H groups in total. The van der Waals surface area contributed by atoms with Crippen molar-refractivity contribution in [2.24, 2.45) is 5.11 Å². The molecule has 26 heavy (non-hydrogen) atoms. The Bertz CT molecular complexity index is 1060. The number of hydrogen-bond acceptors (Lipinski definition) is 4. The predicted molar refractivity (Wildman–Crippen MR) is 108 cm³/mol. The summed E-state index contributed by atoms with van der Waals surface area (Å²) < 4.78 is 0. The molecule has 126 valence electrons. The van der Waals surface area contributed by atoms with Crippen LogP contribution >= 0.6 is 11.3 Å². The molecule has 3 nitrogen and oxygen atoms in total. The zero-order valence-corrected chi connectivity index (χ0v) is 14.9. The van der Waals surface area contributed by atoms with Gasteiger partial charge in [0.15, 0.2) is 0 Å². The lowest BCUT2D eigenvalue weighted by atomic mass is 10.0. The van der Waals surface area contributed by atoms with Gasteiger partial charge in [0, 0.05) is 10.9 Å². The molecule has 0 aliphatic rings. The summed E-state index contributed by atoms with van der Waals surface area (Å²) >= 11 is 1.54. The number of nitrogens with zero attached hydrogens (tertiary/aromatic N) is 2. The zero-order valence-electron chi connectivity index (χ0n) is 14.0. The normalized spacial score (nSPS) is 12.5. The van der Waals surface area contributed by atoms with E-state index in [2.05, 4.69) is 35.4 Å². The quantitative estimate of drug-likeness (QED) is 0.395. The molecule has 4 aromatic rings. The van der Waals surface area contributed by atoms with E-state index in [1.807, 2.05) is 60.0 Å². The van der Waals surface area contributed by atoms with Crippen molar-refractivity contribution in [2.45, 2.75) is 6.04 Å². The second-order valence-corrected chi connectivity index (χ2v) is 6.83. The number of rotatable bonds is 5. The van der Waals surface area contributed by atoms with E-state index in [0.717, 1.165) is 21.8 Å². The number of fused-ring (bicyclic) bond motifs is 1. The van der Waals surface area contributed by atoms with E-state index in [0.29, 0.717) is 0 Å². The third kappa shape index (κ3) is 3.32. The van der Waals surface area contributed by atoms with Crippen molar-refractivity contribution in [1.29, 1.82) is 5.53 Å². The van der Waals surface area contributed by atoms with Gasteiger partial charge in [-0.05, 0) is 16.3 Å². The van der Waals surface area contributed by atoms with Crippen LogP contribution in [0.5, 0.6) is 0 Å². The summed E-state index contributed by atoms with van der Waals surface area (Å²) in [7, 11) is 0. The minimum Gasteiger partial charge on any atom is -0.238 e. The molecule has 0 saturated carbocycles. The van der Waals surface area contributed by atoms with Crippen LogP contribution < -0.4 is 0 Å². The van der Waals surface area contributed by atoms with Gasteiger partial charge in [0.1, 0.15) is 11.0 Å². The molecule has 0 aliphatic carbocycles. The Morgan fingerprint density at radius 1 is 0.923 bits per heavy atom. The van der Waals surface area contributed by atoms with Crippen molar-refractivity contribution < 1.29 is 0 Å². The highest BCUT2D eigenvalue weighted by Crippen LogP contribution is 2.32. The van der Waals surface area contributed by atoms with E-state index >= 15 is 0 Å². The summed E-state index contributed by atoms with van der Waals surface area (Å²) in [6, 6.07) is 24.2. The maximum atomic E-state index is 7.55. The van der Waals surface area contributed by atoms with Crippen LogP contribution in [-0.4, -0.2) is 4.98 Å². The summed E-state index contributed by atoms with van der Waals surface area (Å²) in [5.74, 6) is 0. The van der Waals surface area contributed by atoms with E-state index in [1.54, 1.807) is 11.3 Å². The van der Waals surface area contributed by atoms with Crippen LogP contribution in [0.1, 0.15) is 16.6 Å². The fourth-order valence-corrected chi connectivity index (χ4v) is 3.78. The van der Waals surface area contributed by atoms with Gasteiger partial charge >= 0.3 is 0 Å². The third-order valence-corrected chi connectivity index (χ3v) is 5.17. The molecule has 4 heteroatoms. The Labute approximate surface area is 156 Å². The van der Waals surface area contributed by atoms with E-state index in [4.69, 9.17) is 10.5 Å². The first-order chi connectivity index (χ1) is 12.8. The van der Waals surface area contributed by atoms with Crippen LogP contribution in [0.2, 0.25) is 0 Å². The second kappa shape index (κ2) is 7.42.